The van der Waals surface area contributed by atoms with Crippen LogP contribution in [0, 0.1) is 0 Å². The highest BCUT2D eigenvalue weighted by atomic mass is 79.9. The van der Waals surface area contributed by atoms with Crippen LogP contribution in [0.5, 0.6) is 0 Å². The summed E-state index contributed by atoms with van der Waals surface area (Å²) >= 11 is 5.38. The Labute approximate surface area is 233 Å². The van der Waals surface area contributed by atoms with Gasteiger partial charge in [-0.2, -0.15) is 11.8 Å². The summed E-state index contributed by atoms with van der Waals surface area (Å²) < 4.78 is 0.936. The molecule has 1 spiro atoms. The summed E-state index contributed by atoms with van der Waals surface area (Å²) in [5, 5.41) is 8.75. The number of carbonyl (C=O) groups is 3. The summed E-state index contributed by atoms with van der Waals surface area (Å²) in [4.78, 5) is 43.6. The summed E-state index contributed by atoms with van der Waals surface area (Å²) in [6, 6.07) is 17.5. The zero-order valence-corrected chi connectivity index (χ0v) is 23.1. The lowest BCUT2D eigenvalue weighted by atomic mass is 9.74. The van der Waals surface area contributed by atoms with Crippen LogP contribution in [0.25, 0.3) is 0 Å². The van der Waals surface area contributed by atoms with E-state index in [2.05, 4.69) is 36.9 Å². The number of hydrogen-bond acceptors (Lipinski definition) is 5. The third kappa shape index (κ3) is 4.31. The molecule has 2 aromatic carbocycles. The fourth-order valence-electron chi connectivity index (χ4n) is 6.03. The number of anilines is 2. The molecule has 0 bridgehead atoms. The second kappa shape index (κ2) is 9.85. The molecule has 1 unspecified atom stereocenters. The van der Waals surface area contributed by atoms with Crippen molar-refractivity contribution in [3.05, 3.63) is 87.5 Å². The summed E-state index contributed by atoms with van der Waals surface area (Å²) in [6.45, 7) is -0.107. The van der Waals surface area contributed by atoms with E-state index in [1.807, 2.05) is 66.4 Å². The largest absolute Gasteiger partial charge is 0.346 e. The number of halogens is 1. The zero-order chi connectivity index (χ0) is 26.3. The number of carbonyl (C=O) groups excluding carboxylic acids is 3. The number of rotatable bonds is 5. The highest BCUT2D eigenvalue weighted by molar-refractivity contribution is 9.10. The van der Waals surface area contributed by atoms with Crippen molar-refractivity contribution in [2.45, 2.75) is 36.5 Å². The number of aromatic nitrogens is 1. The first kappa shape index (κ1) is 25.1. The van der Waals surface area contributed by atoms with Crippen molar-refractivity contribution < 1.29 is 14.4 Å². The first-order valence-electron chi connectivity index (χ1n) is 12.7. The molecular formula is C29H27BrN4O3S. The molecule has 1 saturated heterocycles. The average molecular weight is 592 g/mol. The van der Waals surface area contributed by atoms with Crippen LogP contribution in [0.4, 0.5) is 11.5 Å². The van der Waals surface area contributed by atoms with Gasteiger partial charge in [0.1, 0.15) is 5.82 Å². The van der Waals surface area contributed by atoms with Crippen molar-refractivity contribution in [3.63, 3.8) is 0 Å². The Balaban J connectivity index is 1.13. The summed E-state index contributed by atoms with van der Waals surface area (Å²) in [5.41, 5.74) is 3.40. The highest BCUT2D eigenvalue weighted by Gasteiger charge is 2.51. The Hall–Kier alpha value is -3.17. The smallest absolute Gasteiger partial charge is 0.243 e. The van der Waals surface area contributed by atoms with Crippen molar-refractivity contribution in [1.29, 1.82) is 0 Å². The summed E-state index contributed by atoms with van der Waals surface area (Å²) in [6.07, 6.45) is 4.31. The lowest BCUT2D eigenvalue weighted by Crippen LogP contribution is -2.48. The van der Waals surface area contributed by atoms with E-state index in [1.165, 1.54) is 0 Å². The van der Waals surface area contributed by atoms with Crippen LogP contribution in [-0.4, -0.2) is 40.8 Å². The van der Waals surface area contributed by atoms with Gasteiger partial charge >= 0.3 is 0 Å². The third-order valence-electron chi connectivity index (χ3n) is 8.03. The number of fused-ring (bicyclic) bond motifs is 3. The van der Waals surface area contributed by atoms with Gasteiger partial charge in [0.15, 0.2) is 0 Å². The van der Waals surface area contributed by atoms with Crippen molar-refractivity contribution in [3.8, 4) is 0 Å². The van der Waals surface area contributed by atoms with Crippen LogP contribution in [0.1, 0.15) is 35.1 Å². The quantitative estimate of drug-likeness (QED) is 0.410. The average Bonchev–Trinajstić information content (AvgIpc) is 3.44. The molecule has 38 heavy (non-hydrogen) atoms. The molecule has 3 N–H and O–H groups in total. The van der Waals surface area contributed by atoms with Crippen molar-refractivity contribution in [2.24, 2.45) is 0 Å². The van der Waals surface area contributed by atoms with Gasteiger partial charge in [0.2, 0.25) is 17.7 Å². The molecule has 2 aliphatic heterocycles. The molecule has 9 heteroatoms. The van der Waals surface area contributed by atoms with Crippen LogP contribution < -0.4 is 16.0 Å². The first-order valence-corrected chi connectivity index (χ1v) is 14.7. The Morgan fingerprint density at radius 3 is 2.66 bits per heavy atom. The molecule has 1 atom stereocenters. The van der Waals surface area contributed by atoms with Gasteiger partial charge < -0.3 is 16.0 Å². The maximum absolute atomic E-state index is 13.5. The standard InChI is InChI=1S/C29H27BrN4O3S/c30-21-4-1-3-20(14-21)28(8-11-38-12-9-28)26(36)32-17-24(35)33-22-7-6-18-15-29(16-19(18)13-22)23-5-2-10-31-25(23)34-27(29)37/h1-7,10,13-14H,8-9,11-12,15-17H2,(H,32,36)(H,33,35)(H,31,34,37). The summed E-state index contributed by atoms with van der Waals surface area (Å²) in [5.74, 6) is 2.01. The van der Waals surface area contributed by atoms with E-state index >= 15 is 0 Å². The molecule has 194 valence electrons. The van der Waals surface area contributed by atoms with Gasteiger partial charge in [-0.3, -0.25) is 14.4 Å². The Morgan fingerprint density at radius 2 is 1.84 bits per heavy atom. The van der Waals surface area contributed by atoms with Gasteiger partial charge in [-0.25, -0.2) is 4.98 Å². The molecule has 3 aromatic rings. The number of thioether (sulfide) groups is 1. The van der Waals surface area contributed by atoms with Gasteiger partial charge in [0, 0.05) is 21.9 Å². The molecule has 0 radical (unpaired) electrons. The van der Waals surface area contributed by atoms with Gasteiger partial charge in [-0.05, 0) is 84.2 Å². The van der Waals surface area contributed by atoms with E-state index in [0.717, 1.165) is 51.1 Å². The maximum atomic E-state index is 13.5. The van der Waals surface area contributed by atoms with Gasteiger partial charge in [0.25, 0.3) is 0 Å². The SMILES string of the molecule is O=C(CNC(=O)C1(c2cccc(Br)c2)CCSCC1)Nc1ccc2c(c1)CC1(C2)C(=O)Nc2ncccc21. The van der Waals surface area contributed by atoms with E-state index in [0.29, 0.717) is 24.3 Å². The number of benzene rings is 2. The minimum atomic E-state index is -0.651. The summed E-state index contributed by atoms with van der Waals surface area (Å²) in [7, 11) is 0. The zero-order valence-electron chi connectivity index (χ0n) is 20.7. The first-order chi connectivity index (χ1) is 18.4. The highest BCUT2D eigenvalue weighted by Crippen LogP contribution is 2.47. The van der Waals surface area contributed by atoms with Crippen molar-refractivity contribution in [1.82, 2.24) is 10.3 Å². The minimum Gasteiger partial charge on any atom is -0.346 e. The normalized spacial score (nSPS) is 20.9. The van der Waals surface area contributed by atoms with Crippen LogP contribution in [-0.2, 0) is 38.1 Å². The molecule has 6 rings (SSSR count). The molecule has 7 nitrogen and oxygen atoms in total. The maximum Gasteiger partial charge on any atom is 0.243 e. The van der Waals surface area contributed by atoms with Gasteiger partial charge in [-0.15, -0.1) is 0 Å². The molecule has 3 aliphatic rings. The number of nitrogens with zero attached hydrogens (tertiary/aromatic N) is 1. The Morgan fingerprint density at radius 1 is 1.03 bits per heavy atom. The fourth-order valence-corrected chi connectivity index (χ4v) is 7.62. The monoisotopic (exact) mass is 590 g/mol. The van der Waals surface area contributed by atoms with E-state index < -0.39 is 10.8 Å². The number of hydrogen-bond donors (Lipinski definition) is 3. The molecule has 3 heterocycles. The fraction of sp³-hybridized carbons (Fsp3) is 0.310. The van der Waals surface area contributed by atoms with E-state index in [1.54, 1.807) is 6.20 Å². The van der Waals surface area contributed by atoms with E-state index in [-0.39, 0.29) is 24.3 Å². The number of pyridine rings is 1. The van der Waals surface area contributed by atoms with Crippen LogP contribution in [0.3, 0.4) is 0 Å². The van der Waals surface area contributed by atoms with Crippen molar-refractivity contribution >= 4 is 56.9 Å². The molecule has 1 aliphatic carbocycles. The van der Waals surface area contributed by atoms with Crippen molar-refractivity contribution in [2.75, 3.05) is 28.7 Å². The number of amides is 3. The molecule has 3 amide bonds. The van der Waals surface area contributed by atoms with E-state index in [9.17, 15) is 14.4 Å². The topological polar surface area (TPSA) is 100 Å². The van der Waals surface area contributed by atoms with Crippen LogP contribution >= 0.6 is 27.7 Å². The Kier molecular flexibility index (Phi) is 6.52. The van der Waals surface area contributed by atoms with Crippen LogP contribution in [0.2, 0.25) is 0 Å². The van der Waals surface area contributed by atoms with Gasteiger partial charge in [-0.1, -0.05) is 40.2 Å². The third-order valence-corrected chi connectivity index (χ3v) is 9.51. The number of nitrogens with one attached hydrogen (secondary N) is 3. The second-order valence-corrected chi connectivity index (χ2v) is 12.3. The van der Waals surface area contributed by atoms with Crippen LogP contribution in [0.15, 0.2) is 65.3 Å². The molecular weight excluding hydrogens is 564 g/mol. The lowest BCUT2D eigenvalue weighted by molar-refractivity contribution is -0.129. The molecule has 0 saturated carbocycles. The Bertz CT molecular complexity index is 1460. The minimum absolute atomic E-state index is 0.0313. The predicted octanol–water partition coefficient (Wildman–Crippen LogP) is 4.35. The lowest BCUT2D eigenvalue weighted by Gasteiger charge is -2.36. The molecule has 1 aromatic heterocycles. The second-order valence-electron chi connectivity index (χ2n) is 10.2. The van der Waals surface area contributed by atoms with E-state index in [4.69, 9.17) is 0 Å². The predicted molar refractivity (Wildman–Crippen MR) is 152 cm³/mol. The van der Waals surface area contributed by atoms with Gasteiger partial charge in [0.05, 0.1) is 17.4 Å². The molecule has 1 fully saturated rings.